The summed E-state index contributed by atoms with van der Waals surface area (Å²) >= 11 is 0. The summed E-state index contributed by atoms with van der Waals surface area (Å²) < 4.78 is 3.41. The second-order valence-electron chi connectivity index (χ2n) is 7.39. The molecule has 1 fully saturated rings. The third kappa shape index (κ3) is 2.67. The van der Waals surface area contributed by atoms with Crippen LogP contribution in [0, 0.1) is 11.8 Å². The zero-order valence-corrected chi connectivity index (χ0v) is 15.1. The lowest BCUT2D eigenvalue weighted by atomic mass is 10.1. The van der Waals surface area contributed by atoms with Crippen molar-refractivity contribution in [2.45, 2.75) is 45.6 Å². The largest absolute Gasteiger partial charge is 0.348 e. The van der Waals surface area contributed by atoms with Gasteiger partial charge >= 0.3 is 0 Å². The van der Waals surface area contributed by atoms with Crippen LogP contribution in [0.5, 0.6) is 0 Å². The smallest absolute Gasteiger partial charge is 0.272 e. The first-order valence-corrected chi connectivity index (χ1v) is 8.84. The van der Waals surface area contributed by atoms with Crippen molar-refractivity contribution in [2.75, 3.05) is 7.11 Å². The third-order valence-corrected chi connectivity index (χ3v) is 5.43. The number of amides is 1. The van der Waals surface area contributed by atoms with E-state index in [1.807, 2.05) is 11.6 Å². The normalized spacial score (nSPS) is 21.6. The van der Waals surface area contributed by atoms with Crippen molar-refractivity contribution in [2.24, 2.45) is 11.8 Å². The second kappa shape index (κ2) is 5.82. The van der Waals surface area contributed by atoms with Crippen LogP contribution in [-0.4, -0.2) is 33.8 Å². The van der Waals surface area contributed by atoms with Gasteiger partial charge in [-0.2, -0.15) is 5.10 Å². The Kier molecular flexibility index (Phi) is 3.74. The molecule has 2 aromatic rings. The monoisotopic (exact) mass is 342 g/mol. The SMILES string of the molecule is CO[n+]1ccnc(-n2nc(C(=O)N[C@H](C)C(C)C)c3c2[C@H]2C[C@H]2C3)c1. The van der Waals surface area contributed by atoms with Gasteiger partial charge in [0.25, 0.3) is 12.1 Å². The number of aromatic nitrogens is 4. The van der Waals surface area contributed by atoms with E-state index in [2.05, 4.69) is 29.2 Å². The van der Waals surface area contributed by atoms with Gasteiger partial charge in [0.05, 0.1) is 11.9 Å². The van der Waals surface area contributed by atoms with Crippen molar-refractivity contribution in [1.29, 1.82) is 0 Å². The van der Waals surface area contributed by atoms with E-state index in [0.29, 0.717) is 29.3 Å². The highest BCUT2D eigenvalue weighted by molar-refractivity contribution is 5.94. The fourth-order valence-corrected chi connectivity index (χ4v) is 3.50. The number of carbonyl (C=O) groups is 1. The lowest BCUT2D eigenvalue weighted by Crippen LogP contribution is -2.40. The fourth-order valence-electron chi connectivity index (χ4n) is 3.50. The number of hydrogen-bond donors (Lipinski definition) is 1. The zero-order valence-electron chi connectivity index (χ0n) is 15.1. The molecule has 2 aliphatic rings. The molecule has 4 rings (SSSR count). The van der Waals surface area contributed by atoms with Gasteiger partial charge in [-0.3, -0.25) is 9.63 Å². The summed E-state index contributed by atoms with van der Waals surface area (Å²) in [5.41, 5.74) is 2.78. The molecule has 132 valence electrons. The van der Waals surface area contributed by atoms with Crippen molar-refractivity contribution in [3.63, 3.8) is 0 Å². The van der Waals surface area contributed by atoms with Crippen LogP contribution in [0.1, 0.15) is 54.9 Å². The van der Waals surface area contributed by atoms with Gasteiger partial charge in [-0.25, -0.2) is 9.67 Å². The molecule has 3 atom stereocenters. The predicted octanol–water partition coefficient (Wildman–Crippen LogP) is 1.05. The Morgan fingerprint density at radius 1 is 1.44 bits per heavy atom. The first-order valence-electron chi connectivity index (χ1n) is 8.84. The van der Waals surface area contributed by atoms with E-state index in [-0.39, 0.29) is 11.9 Å². The average molecular weight is 342 g/mol. The maximum Gasteiger partial charge on any atom is 0.272 e. The number of rotatable bonds is 5. The Bertz CT molecular complexity index is 829. The highest BCUT2D eigenvalue weighted by atomic mass is 16.6. The number of nitrogens with one attached hydrogen (secondary N) is 1. The van der Waals surface area contributed by atoms with Crippen molar-refractivity contribution < 1.29 is 14.4 Å². The Hall–Kier alpha value is -2.44. The van der Waals surface area contributed by atoms with E-state index < -0.39 is 0 Å². The van der Waals surface area contributed by atoms with E-state index in [1.165, 1.54) is 6.42 Å². The van der Waals surface area contributed by atoms with Crippen LogP contribution in [-0.2, 0) is 6.42 Å². The van der Waals surface area contributed by atoms with E-state index in [4.69, 9.17) is 4.84 Å². The van der Waals surface area contributed by atoms with Gasteiger partial charge in [0.1, 0.15) is 7.11 Å². The van der Waals surface area contributed by atoms with Crippen LogP contribution in [0.4, 0.5) is 0 Å². The minimum Gasteiger partial charge on any atom is -0.348 e. The van der Waals surface area contributed by atoms with Crippen molar-refractivity contribution in [3.05, 3.63) is 35.5 Å². The van der Waals surface area contributed by atoms with Gasteiger partial charge in [-0.15, -0.1) is 0 Å². The molecular weight excluding hydrogens is 318 g/mol. The topological polar surface area (TPSA) is 72.9 Å². The molecule has 0 bridgehead atoms. The number of fused-ring (bicyclic) bond motifs is 3. The van der Waals surface area contributed by atoms with Gasteiger partial charge in [0.15, 0.2) is 5.69 Å². The maximum atomic E-state index is 12.8. The molecule has 1 amide bonds. The quantitative estimate of drug-likeness (QED) is 0.825. The molecule has 2 heterocycles. The van der Waals surface area contributed by atoms with Gasteiger partial charge in [-0.05, 0) is 31.6 Å². The summed E-state index contributed by atoms with van der Waals surface area (Å²) in [6.45, 7) is 6.22. The Balaban J connectivity index is 1.73. The highest BCUT2D eigenvalue weighted by Gasteiger charge is 2.50. The average Bonchev–Trinajstić information content (AvgIpc) is 3.10. The summed E-state index contributed by atoms with van der Waals surface area (Å²) in [5, 5.41) is 7.72. The van der Waals surface area contributed by atoms with Gasteiger partial charge in [-0.1, -0.05) is 13.8 Å². The van der Waals surface area contributed by atoms with Crippen LogP contribution >= 0.6 is 0 Å². The molecule has 1 saturated carbocycles. The van der Waals surface area contributed by atoms with E-state index in [1.54, 1.807) is 30.4 Å². The molecule has 25 heavy (non-hydrogen) atoms. The van der Waals surface area contributed by atoms with E-state index in [0.717, 1.165) is 17.7 Å². The zero-order chi connectivity index (χ0) is 17.7. The molecule has 0 spiro atoms. The molecule has 0 radical (unpaired) electrons. The Morgan fingerprint density at radius 3 is 2.96 bits per heavy atom. The maximum absolute atomic E-state index is 12.8. The molecular formula is C18H24N5O2+. The predicted molar refractivity (Wildman–Crippen MR) is 90.4 cm³/mol. The number of nitrogens with zero attached hydrogens (tertiary/aromatic N) is 4. The van der Waals surface area contributed by atoms with Crippen LogP contribution in [0.15, 0.2) is 18.6 Å². The lowest BCUT2D eigenvalue weighted by Gasteiger charge is -2.16. The minimum atomic E-state index is -0.0898. The third-order valence-electron chi connectivity index (χ3n) is 5.43. The highest BCUT2D eigenvalue weighted by Crippen LogP contribution is 2.57. The summed E-state index contributed by atoms with van der Waals surface area (Å²) in [7, 11) is 1.60. The summed E-state index contributed by atoms with van der Waals surface area (Å²) in [4.78, 5) is 22.4. The first kappa shape index (κ1) is 16.1. The standard InChI is InChI=1S/C18H23N5O2/c1-10(2)11(3)20-18(24)16-14-8-12-7-13(12)17(14)23(21-16)15-9-22(25-4)6-5-19-15/h5-6,9-13H,7-8H2,1-4H3/p+1/t11-,12+,13+/m1/s1. The summed E-state index contributed by atoms with van der Waals surface area (Å²) in [6.07, 6.45) is 7.30. The molecule has 2 aliphatic carbocycles. The molecule has 7 nitrogen and oxygen atoms in total. The Morgan fingerprint density at radius 2 is 2.24 bits per heavy atom. The molecule has 0 unspecified atom stereocenters. The molecule has 0 aromatic carbocycles. The Labute approximate surface area is 147 Å². The first-order chi connectivity index (χ1) is 12.0. The molecule has 0 saturated heterocycles. The molecule has 2 aromatic heterocycles. The van der Waals surface area contributed by atoms with E-state index in [9.17, 15) is 4.79 Å². The summed E-state index contributed by atoms with van der Waals surface area (Å²) in [5.74, 6) is 2.12. The van der Waals surface area contributed by atoms with Crippen LogP contribution in [0.25, 0.3) is 5.82 Å². The van der Waals surface area contributed by atoms with Gasteiger partial charge in [0, 0.05) is 22.3 Å². The van der Waals surface area contributed by atoms with Gasteiger partial charge in [0.2, 0.25) is 12.0 Å². The minimum absolute atomic E-state index is 0.0898. The molecule has 1 N–H and O–H groups in total. The lowest BCUT2D eigenvalue weighted by molar-refractivity contribution is -0.885. The number of hydrogen-bond acceptors (Lipinski definition) is 4. The van der Waals surface area contributed by atoms with Crippen molar-refractivity contribution in [3.8, 4) is 5.82 Å². The molecule has 0 aliphatic heterocycles. The number of carbonyl (C=O) groups excluding carboxylic acids is 1. The van der Waals surface area contributed by atoms with E-state index >= 15 is 0 Å². The van der Waals surface area contributed by atoms with Crippen LogP contribution < -0.4 is 14.9 Å². The van der Waals surface area contributed by atoms with Gasteiger partial charge < -0.3 is 5.32 Å². The molecule has 7 heteroatoms. The second-order valence-corrected chi connectivity index (χ2v) is 7.39. The van der Waals surface area contributed by atoms with Crippen LogP contribution in [0.2, 0.25) is 0 Å². The summed E-state index contributed by atoms with van der Waals surface area (Å²) in [6, 6.07) is 0.106. The van der Waals surface area contributed by atoms with Crippen molar-refractivity contribution in [1.82, 2.24) is 20.1 Å². The fraction of sp³-hybridized carbons (Fsp3) is 0.556. The van der Waals surface area contributed by atoms with Crippen molar-refractivity contribution >= 4 is 5.91 Å². The van der Waals surface area contributed by atoms with Crippen LogP contribution in [0.3, 0.4) is 0 Å².